The van der Waals surface area contributed by atoms with E-state index in [9.17, 15) is 12.8 Å². The summed E-state index contributed by atoms with van der Waals surface area (Å²) < 4.78 is 37.0. The maximum atomic E-state index is 13.1. The molecule has 0 aliphatic carbocycles. The van der Waals surface area contributed by atoms with E-state index in [4.69, 9.17) is 5.73 Å². The molecule has 20 heavy (non-hydrogen) atoms. The van der Waals surface area contributed by atoms with Gasteiger partial charge in [0.1, 0.15) is 5.82 Å². The molecule has 1 heterocycles. The van der Waals surface area contributed by atoms with Crippen LogP contribution in [0.15, 0.2) is 24.3 Å². The molecule has 2 rings (SSSR count). The Bertz CT molecular complexity index is 559. The van der Waals surface area contributed by atoms with Crippen LogP contribution in [0.3, 0.4) is 0 Å². The van der Waals surface area contributed by atoms with Crippen molar-refractivity contribution in [2.24, 2.45) is 5.73 Å². The second kappa shape index (κ2) is 5.69. The second-order valence-corrected chi connectivity index (χ2v) is 7.53. The molecule has 1 saturated heterocycles. The highest BCUT2D eigenvalue weighted by molar-refractivity contribution is 7.91. The van der Waals surface area contributed by atoms with E-state index >= 15 is 0 Å². The van der Waals surface area contributed by atoms with E-state index < -0.39 is 15.4 Å². The molecule has 1 unspecified atom stereocenters. The van der Waals surface area contributed by atoms with Crippen molar-refractivity contribution in [3.05, 3.63) is 30.1 Å². The van der Waals surface area contributed by atoms with Crippen molar-refractivity contribution in [1.29, 1.82) is 0 Å². The minimum absolute atomic E-state index is 0.0711. The number of nitrogens with two attached hydrogens (primary N) is 1. The minimum Gasteiger partial charge on any atom is -0.364 e. The van der Waals surface area contributed by atoms with Crippen LogP contribution in [0, 0.1) is 5.82 Å². The van der Waals surface area contributed by atoms with Gasteiger partial charge in [0.2, 0.25) is 0 Å². The van der Waals surface area contributed by atoms with Crippen LogP contribution < -0.4 is 10.6 Å². The summed E-state index contributed by atoms with van der Waals surface area (Å²) in [5, 5.41) is 0. The highest BCUT2D eigenvalue weighted by atomic mass is 32.2. The first-order chi connectivity index (χ1) is 9.42. The number of sulfone groups is 1. The van der Waals surface area contributed by atoms with Gasteiger partial charge in [-0.1, -0.05) is 0 Å². The first-order valence-corrected chi connectivity index (χ1v) is 8.68. The number of hydrogen-bond donors (Lipinski definition) is 1. The smallest absolute Gasteiger partial charge is 0.152 e. The standard InChI is InChI=1S/C14H21FN2O2S/c1-2-17(13-6-4-12(15)5-7-13)14(10-16)8-3-9-20(18,19)11-14/h4-7H,2-3,8-11,16H2,1H3. The van der Waals surface area contributed by atoms with E-state index in [1.165, 1.54) is 12.1 Å². The zero-order valence-corrected chi connectivity index (χ0v) is 12.5. The number of hydrogen-bond acceptors (Lipinski definition) is 4. The van der Waals surface area contributed by atoms with Crippen LogP contribution in [0.2, 0.25) is 0 Å². The topological polar surface area (TPSA) is 63.4 Å². The zero-order valence-electron chi connectivity index (χ0n) is 11.7. The molecule has 1 aliphatic rings. The van der Waals surface area contributed by atoms with Crippen molar-refractivity contribution in [2.45, 2.75) is 25.3 Å². The highest BCUT2D eigenvalue weighted by Crippen LogP contribution is 2.32. The number of nitrogens with zero attached hydrogens (tertiary/aromatic N) is 1. The van der Waals surface area contributed by atoms with Gasteiger partial charge >= 0.3 is 0 Å². The molecular weight excluding hydrogens is 279 g/mol. The van der Waals surface area contributed by atoms with Gasteiger partial charge in [0.15, 0.2) is 9.84 Å². The van der Waals surface area contributed by atoms with Crippen molar-refractivity contribution in [2.75, 3.05) is 29.5 Å². The molecule has 1 aliphatic heterocycles. The molecule has 0 aromatic heterocycles. The SMILES string of the molecule is CCN(c1ccc(F)cc1)C1(CN)CCCS(=O)(=O)C1. The fraction of sp³-hybridized carbons (Fsp3) is 0.571. The Balaban J connectivity index is 2.39. The molecule has 0 radical (unpaired) electrons. The third-order valence-electron chi connectivity index (χ3n) is 3.99. The van der Waals surface area contributed by atoms with E-state index in [1.807, 2.05) is 11.8 Å². The van der Waals surface area contributed by atoms with Gasteiger partial charge in [-0.05, 0) is 44.0 Å². The highest BCUT2D eigenvalue weighted by Gasteiger charge is 2.42. The van der Waals surface area contributed by atoms with Gasteiger partial charge in [-0.25, -0.2) is 12.8 Å². The van der Waals surface area contributed by atoms with E-state index in [0.717, 1.165) is 12.1 Å². The average molecular weight is 300 g/mol. The lowest BCUT2D eigenvalue weighted by Gasteiger charge is -2.46. The Morgan fingerprint density at radius 3 is 2.50 bits per heavy atom. The third kappa shape index (κ3) is 2.96. The molecule has 1 atom stereocenters. The number of anilines is 1. The Kier molecular flexibility index (Phi) is 4.34. The Morgan fingerprint density at radius 2 is 2.00 bits per heavy atom. The summed E-state index contributed by atoms with van der Waals surface area (Å²) in [6.07, 6.45) is 1.37. The van der Waals surface area contributed by atoms with E-state index in [-0.39, 0.29) is 23.9 Å². The van der Waals surface area contributed by atoms with Gasteiger partial charge in [-0.2, -0.15) is 0 Å². The summed E-state index contributed by atoms with van der Waals surface area (Å²) in [4.78, 5) is 2.00. The van der Waals surface area contributed by atoms with Crippen LogP contribution in [-0.2, 0) is 9.84 Å². The number of halogens is 1. The summed E-state index contributed by atoms with van der Waals surface area (Å²) in [6, 6.07) is 6.13. The zero-order chi connectivity index (χ0) is 14.8. The van der Waals surface area contributed by atoms with Crippen LogP contribution in [-0.4, -0.2) is 38.6 Å². The summed E-state index contributed by atoms with van der Waals surface area (Å²) in [7, 11) is -3.07. The van der Waals surface area contributed by atoms with Crippen LogP contribution in [0.1, 0.15) is 19.8 Å². The molecule has 0 bridgehead atoms. The first-order valence-electron chi connectivity index (χ1n) is 6.86. The molecule has 2 N–H and O–H groups in total. The van der Waals surface area contributed by atoms with Crippen LogP contribution in [0.5, 0.6) is 0 Å². The first kappa shape index (κ1) is 15.3. The Labute approximate surface area is 119 Å². The lowest BCUT2D eigenvalue weighted by Crippen LogP contribution is -2.60. The second-order valence-electron chi connectivity index (χ2n) is 5.34. The van der Waals surface area contributed by atoms with Crippen molar-refractivity contribution in [3.8, 4) is 0 Å². The van der Waals surface area contributed by atoms with Gasteiger partial charge in [0.05, 0.1) is 17.0 Å². The van der Waals surface area contributed by atoms with Crippen LogP contribution in [0.4, 0.5) is 10.1 Å². The van der Waals surface area contributed by atoms with E-state index in [0.29, 0.717) is 13.0 Å². The molecule has 0 amide bonds. The molecular formula is C14H21FN2O2S. The molecule has 1 aromatic carbocycles. The predicted molar refractivity (Wildman–Crippen MR) is 79.1 cm³/mol. The maximum absolute atomic E-state index is 13.1. The average Bonchev–Trinajstić information content (AvgIpc) is 2.40. The molecule has 0 spiro atoms. The fourth-order valence-electron chi connectivity index (χ4n) is 3.07. The number of likely N-dealkylation sites (N-methyl/N-ethyl adjacent to an activating group) is 1. The summed E-state index contributed by atoms with van der Waals surface area (Å²) >= 11 is 0. The van der Waals surface area contributed by atoms with E-state index in [1.54, 1.807) is 12.1 Å². The summed E-state index contributed by atoms with van der Waals surface area (Å²) in [5.74, 6) is 0.000114. The van der Waals surface area contributed by atoms with Gasteiger partial charge in [0.25, 0.3) is 0 Å². The monoisotopic (exact) mass is 300 g/mol. The Hall–Kier alpha value is -1.14. The fourth-order valence-corrected chi connectivity index (χ4v) is 5.04. The third-order valence-corrected chi connectivity index (χ3v) is 5.88. The summed E-state index contributed by atoms with van der Waals surface area (Å²) in [6.45, 7) is 2.87. The normalized spacial score (nSPS) is 25.4. The van der Waals surface area contributed by atoms with Crippen LogP contribution in [0.25, 0.3) is 0 Å². The predicted octanol–water partition coefficient (Wildman–Crippen LogP) is 1.56. The van der Waals surface area contributed by atoms with Gasteiger partial charge in [-0.3, -0.25) is 0 Å². The van der Waals surface area contributed by atoms with Gasteiger partial charge < -0.3 is 10.6 Å². The lowest BCUT2D eigenvalue weighted by molar-refractivity contribution is 0.386. The molecule has 112 valence electrons. The number of benzene rings is 1. The van der Waals surface area contributed by atoms with Crippen molar-refractivity contribution in [3.63, 3.8) is 0 Å². The van der Waals surface area contributed by atoms with Crippen molar-refractivity contribution < 1.29 is 12.8 Å². The molecule has 6 heteroatoms. The van der Waals surface area contributed by atoms with Gasteiger partial charge in [-0.15, -0.1) is 0 Å². The quantitative estimate of drug-likeness (QED) is 0.916. The maximum Gasteiger partial charge on any atom is 0.152 e. The molecule has 1 aromatic rings. The van der Waals surface area contributed by atoms with Gasteiger partial charge in [0, 0.05) is 18.8 Å². The molecule has 1 fully saturated rings. The summed E-state index contributed by atoms with van der Waals surface area (Å²) in [5.41, 5.74) is 6.16. The Morgan fingerprint density at radius 1 is 1.35 bits per heavy atom. The van der Waals surface area contributed by atoms with Crippen LogP contribution >= 0.6 is 0 Å². The number of rotatable bonds is 4. The molecule has 4 nitrogen and oxygen atoms in total. The minimum atomic E-state index is -3.07. The largest absolute Gasteiger partial charge is 0.364 e. The van der Waals surface area contributed by atoms with Crippen molar-refractivity contribution in [1.82, 2.24) is 0 Å². The lowest BCUT2D eigenvalue weighted by atomic mass is 9.92. The molecule has 0 saturated carbocycles. The van der Waals surface area contributed by atoms with E-state index in [2.05, 4.69) is 0 Å². The van der Waals surface area contributed by atoms with Crippen molar-refractivity contribution >= 4 is 15.5 Å².